The Morgan fingerprint density at radius 2 is 1.87 bits per heavy atom. The number of aryl methyl sites for hydroxylation is 2. The Balaban J connectivity index is 0.00000132. The average Bonchev–Trinajstić information content (AvgIpc) is 3.00. The summed E-state index contributed by atoms with van der Waals surface area (Å²) in [5.41, 5.74) is 3.66. The molecule has 1 aromatic heterocycles. The lowest BCUT2D eigenvalue weighted by Gasteiger charge is -2.39. The highest BCUT2D eigenvalue weighted by Gasteiger charge is 2.38. The molecule has 0 atom stereocenters. The van der Waals surface area contributed by atoms with Gasteiger partial charge in [0.15, 0.2) is 0 Å². The monoisotopic (exact) mass is 362 g/mol. The van der Waals surface area contributed by atoms with E-state index in [4.69, 9.17) is 0 Å². The Bertz CT molecular complexity index is 543. The largest absolute Gasteiger partial charge is 0.342 e. The summed E-state index contributed by atoms with van der Waals surface area (Å²) in [6, 6.07) is 0. The van der Waals surface area contributed by atoms with Gasteiger partial charge < -0.3 is 10.2 Å². The van der Waals surface area contributed by atoms with E-state index in [-0.39, 0.29) is 30.7 Å². The molecule has 1 amide bonds. The van der Waals surface area contributed by atoms with Gasteiger partial charge in [0.2, 0.25) is 5.91 Å². The lowest BCUT2D eigenvalue weighted by Crippen LogP contribution is -2.44. The first-order valence-corrected chi connectivity index (χ1v) is 7.98. The molecule has 0 aromatic carbocycles. The van der Waals surface area contributed by atoms with Gasteiger partial charge in [-0.05, 0) is 45.1 Å². The SMILES string of the molecule is Cc1nn(C)c(C)c1CC(=O)N1CCC2(CCNC2)CC1.Cl.Cl. The van der Waals surface area contributed by atoms with Gasteiger partial charge in [-0.3, -0.25) is 9.48 Å². The minimum absolute atomic E-state index is 0. The van der Waals surface area contributed by atoms with E-state index >= 15 is 0 Å². The number of halogens is 2. The van der Waals surface area contributed by atoms with Gasteiger partial charge >= 0.3 is 0 Å². The molecule has 0 radical (unpaired) electrons. The van der Waals surface area contributed by atoms with Crippen LogP contribution in [-0.4, -0.2) is 46.8 Å². The van der Waals surface area contributed by atoms with Gasteiger partial charge in [0.1, 0.15) is 0 Å². The topological polar surface area (TPSA) is 50.2 Å². The van der Waals surface area contributed by atoms with Gasteiger partial charge in [0, 0.05) is 37.9 Å². The van der Waals surface area contributed by atoms with Crippen molar-refractivity contribution in [1.29, 1.82) is 0 Å². The van der Waals surface area contributed by atoms with Crippen molar-refractivity contribution >= 4 is 30.7 Å². The summed E-state index contributed by atoms with van der Waals surface area (Å²) >= 11 is 0. The molecule has 2 fully saturated rings. The number of carbonyl (C=O) groups excluding carboxylic acids is 1. The van der Waals surface area contributed by atoms with Crippen molar-refractivity contribution in [1.82, 2.24) is 20.0 Å². The Hall–Kier alpha value is -0.780. The number of hydrogen-bond acceptors (Lipinski definition) is 3. The molecule has 1 N–H and O–H groups in total. The van der Waals surface area contributed by atoms with Crippen molar-refractivity contribution in [2.75, 3.05) is 26.2 Å². The molecule has 0 saturated carbocycles. The third kappa shape index (κ3) is 4.01. The van der Waals surface area contributed by atoms with Crippen LogP contribution in [0.5, 0.6) is 0 Å². The molecule has 23 heavy (non-hydrogen) atoms. The number of rotatable bonds is 2. The van der Waals surface area contributed by atoms with Gasteiger partial charge in [-0.1, -0.05) is 0 Å². The minimum atomic E-state index is 0. The van der Waals surface area contributed by atoms with Gasteiger partial charge in [-0.25, -0.2) is 0 Å². The van der Waals surface area contributed by atoms with Crippen LogP contribution in [0.15, 0.2) is 0 Å². The Morgan fingerprint density at radius 3 is 2.35 bits per heavy atom. The van der Waals surface area contributed by atoms with Gasteiger partial charge in [0.05, 0.1) is 12.1 Å². The number of piperidine rings is 1. The van der Waals surface area contributed by atoms with Crippen molar-refractivity contribution in [3.63, 3.8) is 0 Å². The van der Waals surface area contributed by atoms with Crippen LogP contribution in [0.25, 0.3) is 0 Å². The fourth-order valence-electron chi connectivity index (χ4n) is 3.79. The molecule has 3 rings (SSSR count). The molecule has 132 valence electrons. The smallest absolute Gasteiger partial charge is 0.227 e. The molecule has 0 aliphatic carbocycles. The van der Waals surface area contributed by atoms with Crippen LogP contribution in [0.2, 0.25) is 0 Å². The van der Waals surface area contributed by atoms with Gasteiger partial charge in [-0.15, -0.1) is 24.8 Å². The maximum Gasteiger partial charge on any atom is 0.227 e. The highest BCUT2D eigenvalue weighted by Crippen LogP contribution is 2.37. The number of hydrogen-bond donors (Lipinski definition) is 1. The second kappa shape index (κ2) is 7.86. The molecule has 1 spiro atoms. The van der Waals surface area contributed by atoms with Crippen LogP contribution in [0, 0.1) is 19.3 Å². The molecule has 5 nitrogen and oxygen atoms in total. The summed E-state index contributed by atoms with van der Waals surface area (Å²) in [7, 11) is 1.94. The zero-order valence-electron chi connectivity index (χ0n) is 14.2. The van der Waals surface area contributed by atoms with Crippen LogP contribution in [0.1, 0.15) is 36.2 Å². The molecule has 7 heteroatoms. The van der Waals surface area contributed by atoms with Crippen LogP contribution < -0.4 is 5.32 Å². The van der Waals surface area contributed by atoms with Crippen molar-refractivity contribution in [3.8, 4) is 0 Å². The number of nitrogens with zero attached hydrogens (tertiary/aromatic N) is 3. The molecule has 2 saturated heterocycles. The van der Waals surface area contributed by atoms with E-state index in [0.717, 1.165) is 56.0 Å². The third-order valence-corrected chi connectivity index (χ3v) is 5.50. The minimum Gasteiger partial charge on any atom is -0.342 e. The molecular formula is C16H28Cl2N4O. The maximum absolute atomic E-state index is 12.6. The average molecular weight is 363 g/mol. The highest BCUT2D eigenvalue weighted by molar-refractivity contribution is 5.85. The van der Waals surface area contributed by atoms with Gasteiger partial charge in [-0.2, -0.15) is 5.10 Å². The molecule has 3 heterocycles. The molecule has 2 aliphatic rings. The Morgan fingerprint density at radius 1 is 1.22 bits per heavy atom. The zero-order chi connectivity index (χ0) is 15.0. The van der Waals surface area contributed by atoms with Crippen molar-refractivity contribution in [3.05, 3.63) is 17.0 Å². The first-order valence-electron chi connectivity index (χ1n) is 7.98. The van der Waals surface area contributed by atoms with E-state index in [1.165, 1.54) is 6.42 Å². The fraction of sp³-hybridized carbons (Fsp3) is 0.750. The lowest BCUT2D eigenvalue weighted by molar-refractivity contribution is -0.132. The van der Waals surface area contributed by atoms with E-state index < -0.39 is 0 Å². The summed E-state index contributed by atoms with van der Waals surface area (Å²) in [6.45, 7) is 8.14. The predicted molar refractivity (Wildman–Crippen MR) is 96.6 cm³/mol. The third-order valence-electron chi connectivity index (χ3n) is 5.50. The normalized spacial score (nSPS) is 19.3. The van der Waals surface area contributed by atoms with E-state index in [2.05, 4.69) is 15.3 Å². The number of amides is 1. The zero-order valence-corrected chi connectivity index (χ0v) is 15.9. The summed E-state index contributed by atoms with van der Waals surface area (Å²) in [6.07, 6.45) is 4.07. The first kappa shape index (κ1) is 20.3. The molecule has 0 bridgehead atoms. The van der Waals surface area contributed by atoms with Crippen LogP contribution in [0.4, 0.5) is 0 Å². The Kier molecular flexibility index (Phi) is 6.93. The van der Waals surface area contributed by atoms with E-state index in [1.54, 1.807) is 0 Å². The standard InChI is InChI=1S/C16H26N4O.2ClH/c1-12-14(13(2)19(3)18-12)10-15(21)20-8-5-16(6-9-20)4-7-17-11-16;;/h17H,4-11H2,1-3H3;2*1H. The predicted octanol–water partition coefficient (Wildman–Crippen LogP) is 2.03. The van der Waals surface area contributed by atoms with Crippen molar-refractivity contribution in [2.24, 2.45) is 12.5 Å². The van der Waals surface area contributed by atoms with Gasteiger partial charge in [0.25, 0.3) is 0 Å². The second-order valence-electron chi connectivity index (χ2n) is 6.76. The number of nitrogens with one attached hydrogen (secondary N) is 1. The molecular weight excluding hydrogens is 335 g/mol. The van der Waals surface area contributed by atoms with E-state index in [9.17, 15) is 4.79 Å². The van der Waals surface area contributed by atoms with Crippen LogP contribution in [-0.2, 0) is 18.3 Å². The van der Waals surface area contributed by atoms with Crippen molar-refractivity contribution < 1.29 is 4.79 Å². The number of carbonyl (C=O) groups is 1. The lowest BCUT2D eigenvalue weighted by atomic mass is 9.78. The quantitative estimate of drug-likeness (QED) is 0.875. The highest BCUT2D eigenvalue weighted by atomic mass is 35.5. The fourth-order valence-corrected chi connectivity index (χ4v) is 3.79. The second-order valence-corrected chi connectivity index (χ2v) is 6.76. The van der Waals surface area contributed by atoms with Crippen LogP contribution in [0.3, 0.4) is 0 Å². The van der Waals surface area contributed by atoms with E-state index in [1.807, 2.05) is 25.6 Å². The molecule has 0 unspecified atom stereocenters. The maximum atomic E-state index is 12.6. The summed E-state index contributed by atoms with van der Waals surface area (Å²) in [5, 5.41) is 7.87. The van der Waals surface area contributed by atoms with Crippen LogP contribution >= 0.6 is 24.8 Å². The number of likely N-dealkylation sites (tertiary alicyclic amines) is 1. The van der Waals surface area contributed by atoms with Crippen molar-refractivity contribution in [2.45, 2.75) is 39.5 Å². The summed E-state index contributed by atoms with van der Waals surface area (Å²) in [5.74, 6) is 0.259. The molecule has 2 aliphatic heterocycles. The van der Waals surface area contributed by atoms with E-state index in [0.29, 0.717) is 11.8 Å². The molecule has 1 aromatic rings. The first-order chi connectivity index (χ1) is 10.0. The summed E-state index contributed by atoms with van der Waals surface area (Å²) < 4.78 is 1.87. The Labute approximate surface area is 151 Å². The summed E-state index contributed by atoms with van der Waals surface area (Å²) in [4.78, 5) is 14.6. The number of aromatic nitrogens is 2.